The lowest BCUT2D eigenvalue weighted by atomic mass is 9.84. The Morgan fingerprint density at radius 1 is 1.14 bits per heavy atom. The first-order valence-corrected chi connectivity index (χ1v) is 8.01. The minimum atomic E-state index is -0.932. The van der Waals surface area contributed by atoms with Crippen LogP contribution in [-0.4, -0.2) is 42.9 Å². The Kier molecular flexibility index (Phi) is 6.29. The van der Waals surface area contributed by atoms with Crippen LogP contribution in [0.3, 0.4) is 0 Å². The summed E-state index contributed by atoms with van der Waals surface area (Å²) >= 11 is 0. The van der Waals surface area contributed by atoms with Crippen LogP contribution in [-0.2, 0) is 9.53 Å². The van der Waals surface area contributed by atoms with Crippen LogP contribution in [0.1, 0.15) is 44.9 Å². The number of carboxylic acids is 1. The van der Waals surface area contributed by atoms with Crippen molar-refractivity contribution in [2.75, 3.05) is 19.8 Å². The number of aliphatic carboxylic acids is 1. The molecule has 0 bridgehead atoms. The molecule has 1 heterocycles. The van der Waals surface area contributed by atoms with Crippen molar-refractivity contribution in [1.29, 1.82) is 0 Å². The number of carbonyl (C=O) groups is 2. The van der Waals surface area contributed by atoms with Gasteiger partial charge in [0.15, 0.2) is 0 Å². The summed E-state index contributed by atoms with van der Waals surface area (Å²) in [6, 6.07) is -1.15. The van der Waals surface area contributed by atoms with Gasteiger partial charge in [0.1, 0.15) is 6.04 Å². The lowest BCUT2D eigenvalue weighted by molar-refractivity contribution is -0.141. The Labute approximate surface area is 125 Å². The average Bonchev–Trinajstić information content (AvgIpc) is 2.52. The fourth-order valence-electron chi connectivity index (χ4n) is 3.25. The van der Waals surface area contributed by atoms with Crippen LogP contribution in [0.4, 0.5) is 4.79 Å². The molecule has 0 aromatic carbocycles. The summed E-state index contributed by atoms with van der Waals surface area (Å²) in [5, 5.41) is 14.7. The minimum absolute atomic E-state index is 0.0556. The minimum Gasteiger partial charge on any atom is -0.480 e. The van der Waals surface area contributed by atoms with Gasteiger partial charge in [0, 0.05) is 13.2 Å². The maximum Gasteiger partial charge on any atom is 0.326 e. The second-order valence-corrected chi connectivity index (χ2v) is 6.15. The normalized spacial score (nSPS) is 25.0. The molecule has 1 aliphatic heterocycles. The van der Waals surface area contributed by atoms with E-state index in [2.05, 4.69) is 10.6 Å². The largest absolute Gasteiger partial charge is 0.480 e. The van der Waals surface area contributed by atoms with Crippen molar-refractivity contribution in [2.45, 2.75) is 51.0 Å². The van der Waals surface area contributed by atoms with Crippen LogP contribution in [0.5, 0.6) is 0 Å². The predicted octanol–water partition coefficient (Wildman–Crippen LogP) is 1.75. The predicted molar refractivity (Wildman–Crippen MR) is 78.1 cm³/mol. The lowest BCUT2D eigenvalue weighted by Gasteiger charge is -2.28. The highest BCUT2D eigenvalue weighted by Gasteiger charge is 2.30. The number of rotatable bonds is 5. The zero-order chi connectivity index (χ0) is 15.1. The topological polar surface area (TPSA) is 87.7 Å². The molecule has 6 heteroatoms. The molecule has 2 atom stereocenters. The summed E-state index contributed by atoms with van der Waals surface area (Å²) in [6.45, 7) is 2.01. The molecule has 0 spiro atoms. The van der Waals surface area contributed by atoms with Gasteiger partial charge < -0.3 is 20.5 Å². The highest BCUT2D eigenvalue weighted by molar-refractivity contribution is 5.82. The zero-order valence-corrected chi connectivity index (χ0v) is 12.5. The highest BCUT2D eigenvalue weighted by atomic mass is 16.5. The number of hydrogen-bond donors (Lipinski definition) is 3. The van der Waals surface area contributed by atoms with Crippen molar-refractivity contribution in [1.82, 2.24) is 10.6 Å². The molecule has 21 heavy (non-hydrogen) atoms. The number of carbonyl (C=O) groups excluding carboxylic acids is 1. The van der Waals surface area contributed by atoms with Gasteiger partial charge in [-0.2, -0.15) is 0 Å². The summed E-state index contributed by atoms with van der Waals surface area (Å²) in [7, 11) is 0. The molecule has 0 aromatic rings. The van der Waals surface area contributed by atoms with Crippen molar-refractivity contribution in [3.05, 3.63) is 0 Å². The Morgan fingerprint density at radius 2 is 1.90 bits per heavy atom. The van der Waals surface area contributed by atoms with E-state index in [0.29, 0.717) is 19.1 Å². The van der Waals surface area contributed by atoms with E-state index in [9.17, 15) is 14.7 Å². The molecule has 1 saturated carbocycles. The summed E-state index contributed by atoms with van der Waals surface area (Å²) in [4.78, 5) is 23.3. The van der Waals surface area contributed by atoms with Crippen LogP contribution >= 0.6 is 0 Å². The quantitative estimate of drug-likeness (QED) is 0.721. The van der Waals surface area contributed by atoms with Crippen LogP contribution < -0.4 is 10.6 Å². The van der Waals surface area contributed by atoms with Crippen LogP contribution in [0.15, 0.2) is 0 Å². The molecule has 2 rings (SSSR count). The second kappa shape index (κ2) is 8.22. The number of urea groups is 1. The molecule has 2 amide bonds. The lowest BCUT2D eigenvalue weighted by Crippen LogP contribution is -2.51. The molecular weight excluding hydrogens is 272 g/mol. The van der Waals surface area contributed by atoms with Crippen LogP contribution in [0, 0.1) is 11.8 Å². The first-order chi connectivity index (χ1) is 10.2. The molecule has 6 nitrogen and oxygen atoms in total. The van der Waals surface area contributed by atoms with Gasteiger partial charge in [-0.1, -0.05) is 19.3 Å². The standard InChI is InChI=1S/C15H26N2O4/c18-14(19)13(12-6-2-1-3-7-12)17-15(20)16-9-11-5-4-8-21-10-11/h11-13H,1-10H2,(H,18,19)(H2,16,17,20). The number of amides is 2. The SMILES string of the molecule is O=C(NCC1CCCOC1)NC(C(=O)O)C1CCCCC1. The highest BCUT2D eigenvalue weighted by Crippen LogP contribution is 2.26. The van der Waals surface area contributed by atoms with Gasteiger partial charge in [-0.3, -0.25) is 0 Å². The van der Waals surface area contributed by atoms with Crippen molar-refractivity contribution in [3.63, 3.8) is 0 Å². The Hall–Kier alpha value is -1.30. The summed E-state index contributed by atoms with van der Waals surface area (Å²) in [5.41, 5.74) is 0. The Bertz CT molecular complexity index is 350. The van der Waals surface area contributed by atoms with E-state index in [-0.39, 0.29) is 11.9 Å². The maximum atomic E-state index is 11.9. The Balaban J connectivity index is 1.76. The first kappa shape index (κ1) is 16.1. The summed E-state index contributed by atoms with van der Waals surface area (Å²) in [5.74, 6) is -0.541. The number of nitrogens with one attached hydrogen (secondary N) is 2. The molecule has 2 unspecified atom stereocenters. The number of carboxylic acid groups (broad SMARTS) is 1. The molecule has 0 radical (unpaired) electrons. The van der Waals surface area contributed by atoms with Gasteiger partial charge >= 0.3 is 12.0 Å². The van der Waals surface area contributed by atoms with Gasteiger partial charge in [0.05, 0.1) is 6.61 Å². The summed E-state index contributed by atoms with van der Waals surface area (Å²) < 4.78 is 5.36. The van der Waals surface area contributed by atoms with E-state index in [1.54, 1.807) is 0 Å². The Morgan fingerprint density at radius 3 is 2.52 bits per heavy atom. The zero-order valence-electron chi connectivity index (χ0n) is 12.5. The molecule has 0 aromatic heterocycles. The molecule has 2 fully saturated rings. The van der Waals surface area contributed by atoms with E-state index in [1.807, 2.05) is 0 Å². The van der Waals surface area contributed by atoms with E-state index in [1.165, 1.54) is 0 Å². The van der Waals surface area contributed by atoms with Crippen LogP contribution in [0.25, 0.3) is 0 Å². The molecule has 2 aliphatic rings. The van der Waals surface area contributed by atoms with Crippen LogP contribution in [0.2, 0.25) is 0 Å². The fraction of sp³-hybridized carbons (Fsp3) is 0.867. The third kappa shape index (κ3) is 5.19. The molecule has 1 saturated heterocycles. The number of ether oxygens (including phenoxy) is 1. The monoisotopic (exact) mass is 298 g/mol. The van der Waals surface area contributed by atoms with Gasteiger partial charge in [0.2, 0.25) is 0 Å². The van der Waals surface area contributed by atoms with Crippen molar-refractivity contribution in [2.24, 2.45) is 11.8 Å². The summed E-state index contributed by atoms with van der Waals surface area (Å²) in [6.07, 6.45) is 7.10. The molecule has 3 N–H and O–H groups in total. The third-order valence-electron chi connectivity index (χ3n) is 4.48. The smallest absolute Gasteiger partial charge is 0.326 e. The molecular formula is C15H26N2O4. The van der Waals surface area contributed by atoms with Crippen molar-refractivity contribution in [3.8, 4) is 0 Å². The van der Waals surface area contributed by atoms with Gasteiger partial charge in [0.25, 0.3) is 0 Å². The van der Waals surface area contributed by atoms with Gasteiger partial charge in [-0.15, -0.1) is 0 Å². The first-order valence-electron chi connectivity index (χ1n) is 8.01. The maximum absolute atomic E-state index is 11.9. The fourth-order valence-corrected chi connectivity index (χ4v) is 3.25. The van der Waals surface area contributed by atoms with E-state index in [0.717, 1.165) is 51.6 Å². The van der Waals surface area contributed by atoms with E-state index >= 15 is 0 Å². The van der Waals surface area contributed by atoms with E-state index < -0.39 is 12.0 Å². The third-order valence-corrected chi connectivity index (χ3v) is 4.48. The van der Waals surface area contributed by atoms with Gasteiger partial charge in [-0.05, 0) is 37.5 Å². The van der Waals surface area contributed by atoms with Crippen molar-refractivity contribution >= 4 is 12.0 Å². The van der Waals surface area contributed by atoms with Crippen molar-refractivity contribution < 1.29 is 19.4 Å². The van der Waals surface area contributed by atoms with Gasteiger partial charge in [-0.25, -0.2) is 9.59 Å². The number of hydrogen-bond acceptors (Lipinski definition) is 3. The average molecular weight is 298 g/mol. The molecule has 1 aliphatic carbocycles. The van der Waals surface area contributed by atoms with E-state index in [4.69, 9.17) is 4.74 Å². The molecule has 120 valence electrons. The second-order valence-electron chi connectivity index (χ2n) is 6.15.